The fourth-order valence-electron chi connectivity index (χ4n) is 3.16. The van der Waals surface area contributed by atoms with Crippen LogP contribution in [0.25, 0.3) is 5.69 Å². The van der Waals surface area contributed by atoms with Crippen molar-refractivity contribution in [2.24, 2.45) is 7.05 Å². The SMILES string of the molecule is Cn1c(C2CC2)c(C2CC2)c(=O)n1-c1ccc(F)cc1F. The van der Waals surface area contributed by atoms with Gasteiger partial charge in [-0.2, -0.15) is 0 Å². The van der Waals surface area contributed by atoms with Crippen LogP contribution in [0.15, 0.2) is 23.0 Å². The predicted octanol–water partition coefficient (Wildman–Crippen LogP) is 3.21. The zero-order valence-corrected chi connectivity index (χ0v) is 11.8. The van der Waals surface area contributed by atoms with E-state index in [-0.39, 0.29) is 11.2 Å². The molecule has 21 heavy (non-hydrogen) atoms. The van der Waals surface area contributed by atoms with Gasteiger partial charge in [0.2, 0.25) is 0 Å². The Bertz CT molecular complexity index is 782. The van der Waals surface area contributed by atoms with Crippen molar-refractivity contribution < 1.29 is 8.78 Å². The minimum atomic E-state index is -0.706. The summed E-state index contributed by atoms with van der Waals surface area (Å²) in [6.45, 7) is 0. The molecule has 0 bridgehead atoms. The summed E-state index contributed by atoms with van der Waals surface area (Å²) in [4.78, 5) is 12.7. The van der Waals surface area contributed by atoms with Gasteiger partial charge in [-0.05, 0) is 43.7 Å². The van der Waals surface area contributed by atoms with E-state index in [9.17, 15) is 13.6 Å². The van der Waals surface area contributed by atoms with Gasteiger partial charge in [0, 0.05) is 30.3 Å². The van der Waals surface area contributed by atoms with Gasteiger partial charge in [0.05, 0.1) is 0 Å². The number of nitrogens with zero attached hydrogens (tertiary/aromatic N) is 2. The largest absolute Gasteiger partial charge is 0.284 e. The lowest BCUT2D eigenvalue weighted by Crippen LogP contribution is -2.22. The van der Waals surface area contributed by atoms with Crippen LogP contribution in [-0.2, 0) is 7.05 Å². The second-order valence-electron chi connectivity index (χ2n) is 6.08. The molecule has 0 atom stereocenters. The Morgan fingerprint density at radius 1 is 1.10 bits per heavy atom. The van der Waals surface area contributed by atoms with Crippen LogP contribution in [0.2, 0.25) is 0 Å². The highest BCUT2D eigenvalue weighted by Crippen LogP contribution is 2.48. The molecule has 2 fully saturated rings. The molecular formula is C16H16F2N2O. The normalized spacial score (nSPS) is 18.2. The van der Waals surface area contributed by atoms with Gasteiger partial charge < -0.3 is 0 Å². The summed E-state index contributed by atoms with van der Waals surface area (Å²) in [6.07, 6.45) is 4.24. The van der Waals surface area contributed by atoms with E-state index in [0.29, 0.717) is 11.8 Å². The van der Waals surface area contributed by atoms with E-state index < -0.39 is 11.6 Å². The Labute approximate surface area is 120 Å². The van der Waals surface area contributed by atoms with E-state index in [1.807, 2.05) is 0 Å². The van der Waals surface area contributed by atoms with Crippen molar-refractivity contribution in [1.29, 1.82) is 0 Å². The Morgan fingerprint density at radius 2 is 1.76 bits per heavy atom. The van der Waals surface area contributed by atoms with Gasteiger partial charge in [0.15, 0.2) is 5.82 Å². The molecule has 0 spiro atoms. The molecule has 2 aliphatic rings. The number of benzene rings is 1. The molecule has 2 aliphatic carbocycles. The van der Waals surface area contributed by atoms with Crippen LogP contribution in [0.1, 0.15) is 48.8 Å². The lowest BCUT2D eigenvalue weighted by molar-refractivity contribution is 0.547. The molecule has 0 saturated heterocycles. The number of hydrogen-bond donors (Lipinski definition) is 0. The lowest BCUT2D eigenvalue weighted by Gasteiger charge is -2.10. The fraction of sp³-hybridized carbons (Fsp3) is 0.438. The molecule has 1 aromatic carbocycles. The van der Waals surface area contributed by atoms with Crippen LogP contribution >= 0.6 is 0 Å². The van der Waals surface area contributed by atoms with Crippen LogP contribution in [-0.4, -0.2) is 9.36 Å². The number of rotatable bonds is 3. The minimum absolute atomic E-state index is 0.123. The van der Waals surface area contributed by atoms with Gasteiger partial charge >= 0.3 is 0 Å². The second-order valence-corrected chi connectivity index (χ2v) is 6.08. The Hall–Kier alpha value is -1.91. The second kappa shape index (κ2) is 4.29. The molecule has 2 aromatic rings. The zero-order valence-electron chi connectivity index (χ0n) is 11.8. The number of aromatic nitrogens is 2. The highest BCUT2D eigenvalue weighted by Gasteiger charge is 2.39. The molecule has 3 nitrogen and oxygen atoms in total. The van der Waals surface area contributed by atoms with Gasteiger partial charge in [-0.1, -0.05) is 0 Å². The monoisotopic (exact) mass is 290 g/mol. The van der Waals surface area contributed by atoms with Gasteiger partial charge in [0.25, 0.3) is 5.56 Å². The predicted molar refractivity (Wildman–Crippen MR) is 74.9 cm³/mol. The fourth-order valence-corrected chi connectivity index (χ4v) is 3.16. The molecule has 0 amide bonds. The third-order valence-corrected chi connectivity index (χ3v) is 4.43. The van der Waals surface area contributed by atoms with E-state index in [4.69, 9.17) is 0 Å². The summed E-state index contributed by atoms with van der Waals surface area (Å²) in [5.74, 6) is -0.599. The Morgan fingerprint density at radius 3 is 2.33 bits per heavy atom. The van der Waals surface area contributed by atoms with E-state index in [1.54, 1.807) is 11.7 Å². The standard InChI is InChI=1S/C16H16F2N2O/c1-19-15(10-4-5-10)14(9-2-3-9)16(21)20(19)13-7-6-11(17)8-12(13)18/h6-10H,2-5H2,1H3. The van der Waals surface area contributed by atoms with Crippen molar-refractivity contribution in [2.45, 2.75) is 37.5 Å². The summed E-state index contributed by atoms with van der Waals surface area (Å²) in [6, 6.07) is 3.34. The quantitative estimate of drug-likeness (QED) is 0.852. The molecule has 1 aromatic heterocycles. The summed E-state index contributed by atoms with van der Waals surface area (Å²) >= 11 is 0. The average Bonchev–Trinajstić information content (AvgIpc) is 3.32. The maximum Gasteiger partial charge on any atom is 0.275 e. The summed E-state index contributed by atoms with van der Waals surface area (Å²) in [7, 11) is 1.80. The maximum atomic E-state index is 14.1. The Kier molecular flexibility index (Phi) is 2.62. The Balaban J connectivity index is 1.96. The highest BCUT2D eigenvalue weighted by molar-refractivity contribution is 5.39. The molecule has 0 unspecified atom stereocenters. The molecule has 4 rings (SSSR count). The molecule has 5 heteroatoms. The third-order valence-electron chi connectivity index (χ3n) is 4.43. The maximum absolute atomic E-state index is 14.1. The van der Waals surface area contributed by atoms with E-state index in [1.165, 1.54) is 16.8 Å². The summed E-state index contributed by atoms with van der Waals surface area (Å²) < 4.78 is 30.3. The van der Waals surface area contributed by atoms with E-state index in [0.717, 1.165) is 43.0 Å². The summed E-state index contributed by atoms with van der Waals surface area (Å²) in [5, 5.41) is 0. The van der Waals surface area contributed by atoms with Crippen LogP contribution in [0, 0.1) is 11.6 Å². The van der Waals surface area contributed by atoms with Crippen molar-refractivity contribution >= 4 is 0 Å². The first-order valence-corrected chi connectivity index (χ1v) is 7.35. The van der Waals surface area contributed by atoms with Gasteiger partial charge in [-0.25, -0.2) is 13.5 Å². The lowest BCUT2D eigenvalue weighted by atomic mass is 10.1. The van der Waals surface area contributed by atoms with Crippen LogP contribution < -0.4 is 5.56 Å². The third kappa shape index (κ3) is 1.94. The van der Waals surface area contributed by atoms with Crippen LogP contribution in [0.3, 0.4) is 0 Å². The molecule has 2 saturated carbocycles. The van der Waals surface area contributed by atoms with Crippen molar-refractivity contribution in [1.82, 2.24) is 9.36 Å². The molecule has 0 aliphatic heterocycles. The van der Waals surface area contributed by atoms with Gasteiger partial charge in [-0.15, -0.1) is 0 Å². The van der Waals surface area contributed by atoms with Gasteiger partial charge in [-0.3, -0.25) is 9.48 Å². The van der Waals surface area contributed by atoms with Crippen molar-refractivity contribution in [3.05, 3.63) is 51.4 Å². The highest BCUT2D eigenvalue weighted by atomic mass is 19.1. The van der Waals surface area contributed by atoms with Crippen LogP contribution in [0.4, 0.5) is 8.78 Å². The summed E-state index contributed by atoms with van der Waals surface area (Å²) in [5.41, 5.74) is 1.88. The minimum Gasteiger partial charge on any atom is -0.284 e. The molecule has 110 valence electrons. The smallest absolute Gasteiger partial charge is 0.275 e. The van der Waals surface area contributed by atoms with Crippen molar-refractivity contribution in [2.75, 3.05) is 0 Å². The van der Waals surface area contributed by atoms with Gasteiger partial charge in [0.1, 0.15) is 11.5 Å². The molecular weight excluding hydrogens is 274 g/mol. The molecule has 0 radical (unpaired) electrons. The first kappa shape index (κ1) is 12.8. The number of halogens is 2. The average molecular weight is 290 g/mol. The van der Waals surface area contributed by atoms with Crippen LogP contribution in [0.5, 0.6) is 0 Å². The zero-order chi connectivity index (χ0) is 14.7. The molecule has 0 N–H and O–H groups in total. The first-order chi connectivity index (χ1) is 10.1. The number of hydrogen-bond acceptors (Lipinski definition) is 1. The van der Waals surface area contributed by atoms with E-state index in [2.05, 4.69) is 0 Å². The molecule has 1 heterocycles. The van der Waals surface area contributed by atoms with Crippen molar-refractivity contribution in [3.8, 4) is 5.69 Å². The topological polar surface area (TPSA) is 26.9 Å². The van der Waals surface area contributed by atoms with Crippen molar-refractivity contribution in [3.63, 3.8) is 0 Å². The first-order valence-electron chi connectivity index (χ1n) is 7.35. The van der Waals surface area contributed by atoms with E-state index >= 15 is 0 Å².